The molecule has 0 aromatic heterocycles. The van der Waals surface area contributed by atoms with Crippen molar-refractivity contribution in [3.05, 3.63) is 93.2 Å². The molecule has 30 heavy (non-hydrogen) atoms. The predicted octanol–water partition coefficient (Wildman–Crippen LogP) is 4.44. The number of non-ortho nitro benzene ring substituents is 1. The van der Waals surface area contributed by atoms with Crippen molar-refractivity contribution in [3.8, 4) is 0 Å². The lowest BCUT2D eigenvalue weighted by Gasteiger charge is -2.13. The van der Waals surface area contributed by atoms with Crippen LogP contribution in [0.25, 0.3) is 0 Å². The van der Waals surface area contributed by atoms with E-state index < -0.39 is 32.4 Å². The topological polar surface area (TPSA) is 118 Å². The van der Waals surface area contributed by atoms with Crippen molar-refractivity contribution in [2.75, 3.05) is 10.0 Å². The molecule has 0 heterocycles. The number of nitrogens with one attached hydrogen (secondary N) is 2. The van der Waals surface area contributed by atoms with Crippen LogP contribution in [0.5, 0.6) is 0 Å². The number of nitro groups is 1. The van der Waals surface area contributed by atoms with Gasteiger partial charge in [0.15, 0.2) is 0 Å². The molecule has 154 valence electrons. The van der Waals surface area contributed by atoms with Crippen LogP contribution in [0.15, 0.2) is 71.6 Å². The summed E-state index contributed by atoms with van der Waals surface area (Å²) < 4.78 is 41.5. The van der Waals surface area contributed by atoms with Gasteiger partial charge in [-0.25, -0.2) is 12.8 Å². The van der Waals surface area contributed by atoms with E-state index in [1.165, 1.54) is 48.5 Å². The van der Waals surface area contributed by atoms with Crippen molar-refractivity contribution < 1.29 is 22.5 Å². The second-order valence-corrected chi connectivity index (χ2v) is 8.10. The van der Waals surface area contributed by atoms with Crippen molar-refractivity contribution in [1.29, 1.82) is 0 Å². The Labute approximate surface area is 175 Å². The van der Waals surface area contributed by atoms with Gasteiger partial charge in [-0.2, -0.15) is 0 Å². The lowest BCUT2D eigenvalue weighted by Crippen LogP contribution is -2.19. The Morgan fingerprint density at radius 2 is 1.73 bits per heavy atom. The number of hydrogen-bond acceptors (Lipinski definition) is 5. The van der Waals surface area contributed by atoms with Gasteiger partial charge < -0.3 is 5.32 Å². The third-order valence-electron chi connectivity index (χ3n) is 3.93. The Morgan fingerprint density at radius 1 is 1.00 bits per heavy atom. The van der Waals surface area contributed by atoms with E-state index >= 15 is 0 Å². The van der Waals surface area contributed by atoms with E-state index in [0.29, 0.717) is 0 Å². The lowest BCUT2D eigenvalue weighted by atomic mass is 10.1. The highest BCUT2D eigenvalue weighted by Gasteiger charge is 2.21. The molecule has 0 unspecified atom stereocenters. The van der Waals surface area contributed by atoms with Crippen molar-refractivity contribution in [3.63, 3.8) is 0 Å². The number of benzene rings is 3. The zero-order chi connectivity index (χ0) is 21.9. The minimum absolute atomic E-state index is 0.0825. The third kappa shape index (κ3) is 4.73. The Kier molecular flexibility index (Phi) is 5.99. The maximum atomic E-state index is 14.0. The largest absolute Gasteiger partial charge is 0.319 e. The molecule has 3 aromatic carbocycles. The van der Waals surface area contributed by atoms with Crippen molar-refractivity contribution in [2.24, 2.45) is 0 Å². The van der Waals surface area contributed by atoms with Crippen molar-refractivity contribution >= 4 is 44.6 Å². The highest BCUT2D eigenvalue weighted by molar-refractivity contribution is 7.92. The van der Waals surface area contributed by atoms with Gasteiger partial charge in [-0.15, -0.1) is 0 Å². The Bertz CT molecular complexity index is 1250. The fourth-order valence-electron chi connectivity index (χ4n) is 2.52. The molecule has 0 spiro atoms. The Hall–Kier alpha value is -3.50. The van der Waals surface area contributed by atoms with Gasteiger partial charge >= 0.3 is 0 Å². The van der Waals surface area contributed by atoms with E-state index in [1.807, 2.05) is 0 Å². The standard InChI is InChI=1S/C19H13ClFN3O5S/c20-12-8-9-18(16(21)10-12)22-19(25)15-6-1-2-7-17(15)23-30(28,29)14-5-3-4-13(11-14)24(26)27/h1-11,23H,(H,22,25). The van der Waals surface area contributed by atoms with Gasteiger partial charge in [-0.1, -0.05) is 29.8 Å². The lowest BCUT2D eigenvalue weighted by molar-refractivity contribution is -0.385. The van der Waals surface area contributed by atoms with Gasteiger partial charge in [-0.05, 0) is 36.4 Å². The molecule has 0 aliphatic carbocycles. The molecule has 0 saturated carbocycles. The number of anilines is 2. The third-order valence-corrected chi connectivity index (χ3v) is 5.53. The maximum Gasteiger partial charge on any atom is 0.270 e. The van der Waals surface area contributed by atoms with Crippen LogP contribution in [0.1, 0.15) is 10.4 Å². The summed E-state index contributed by atoms with van der Waals surface area (Å²) in [5, 5.41) is 13.4. The van der Waals surface area contributed by atoms with Crippen LogP contribution in [-0.4, -0.2) is 19.2 Å². The van der Waals surface area contributed by atoms with E-state index in [0.717, 1.165) is 18.2 Å². The number of halogens is 2. The summed E-state index contributed by atoms with van der Waals surface area (Å²) in [6.07, 6.45) is 0. The van der Waals surface area contributed by atoms with Crippen LogP contribution in [0.2, 0.25) is 5.02 Å². The second kappa shape index (κ2) is 8.47. The van der Waals surface area contributed by atoms with Gasteiger partial charge in [0.25, 0.3) is 21.6 Å². The molecule has 0 atom stereocenters. The van der Waals surface area contributed by atoms with Crippen LogP contribution in [0.4, 0.5) is 21.5 Å². The molecule has 0 saturated heterocycles. The normalized spacial score (nSPS) is 11.0. The fourth-order valence-corrected chi connectivity index (χ4v) is 3.80. The second-order valence-electron chi connectivity index (χ2n) is 5.98. The highest BCUT2D eigenvalue weighted by atomic mass is 35.5. The Balaban J connectivity index is 1.90. The molecule has 0 aliphatic heterocycles. The molecule has 0 aliphatic rings. The quantitative estimate of drug-likeness (QED) is 0.426. The first-order valence-corrected chi connectivity index (χ1v) is 10.2. The molecule has 3 aromatic rings. The first kappa shape index (κ1) is 21.2. The average Bonchev–Trinajstić information content (AvgIpc) is 2.70. The van der Waals surface area contributed by atoms with Crippen LogP contribution in [0, 0.1) is 15.9 Å². The minimum Gasteiger partial charge on any atom is -0.319 e. The number of para-hydroxylation sites is 1. The number of amides is 1. The van der Waals surface area contributed by atoms with Gasteiger partial charge in [0.05, 0.1) is 26.8 Å². The van der Waals surface area contributed by atoms with Crippen molar-refractivity contribution in [1.82, 2.24) is 0 Å². The Morgan fingerprint density at radius 3 is 2.43 bits per heavy atom. The number of rotatable bonds is 6. The molecule has 8 nitrogen and oxygen atoms in total. The fraction of sp³-hybridized carbons (Fsp3) is 0. The number of nitro benzene ring substituents is 1. The molecular weight excluding hydrogens is 437 g/mol. The maximum absolute atomic E-state index is 14.0. The number of nitrogens with zero attached hydrogens (tertiary/aromatic N) is 1. The van der Waals surface area contributed by atoms with E-state index in [1.54, 1.807) is 0 Å². The van der Waals surface area contributed by atoms with Crippen LogP contribution in [0.3, 0.4) is 0 Å². The number of sulfonamides is 1. The van der Waals surface area contributed by atoms with Crippen molar-refractivity contribution in [2.45, 2.75) is 4.90 Å². The molecule has 11 heteroatoms. The van der Waals surface area contributed by atoms with Crippen LogP contribution >= 0.6 is 11.6 Å². The van der Waals surface area contributed by atoms with Gasteiger partial charge in [0.1, 0.15) is 5.82 Å². The molecule has 3 rings (SSSR count). The summed E-state index contributed by atoms with van der Waals surface area (Å²) in [6, 6.07) is 13.8. The summed E-state index contributed by atoms with van der Waals surface area (Å²) in [6.45, 7) is 0. The van der Waals surface area contributed by atoms with Gasteiger partial charge in [0, 0.05) is 17.2 Å². The number of carbonyl (C=O) groups excluding carboxylic acids is 1. The summed E-state index contributed by atoms with van der Waals surface area (Å²) in [4.78, 5) is 22.4. The highest BCUT2D eigenvalue weighted by Crippen LogP contribution is 2.25. The van der Waals surface area contributed by atoms with Gasteiger partial charge in [-0.3, -0.25) is 19.6 Å². The molecule has 0 bridgehead atoms. The first-order chi connectivity index (χ1) is 14.2. The monoisotopic (exact) mass is 449 g/mol. The molecular formula is C19H13ClFN3O5S. The van der Waals surface area contributed by atoms with Crippen LogP contribution < -0.4 is 10.0 Å². The summed E-state index contributed by atoms with van der Waals surface area (Å²) in [5.41, 5.74) is -0.709. The number of hydrogen-bond donors (Lipinski definition) is 2. The smallest absolute Gasteiger partial charge is 0.270 e. The zero-order valence-electron chi connectivity index (χ0n) is 15.0. The summed E-state index contributed by atoms with van der Waals surface area (Å²) in [5.74, 6) is -1.53. The minimum atomic E-state index is -4.24. The zero-order valence-corrected chi connectivity index (χ0v) is 16.6. The molecule has 1 amide bonds. The van der Waals surface area contributed by atoms with E-state index in [9.17, 15) is 27.7 Å². The summed E-state index contributed by atoms with van der Waals surface area (Å²) in [7, 11) is -4.24. The SMILES string of the molecule is O=C(Nc1ccc(Cl)cc1F)c1ccccc1NS(=O)(=O)c1cccc([N+](=O)[O-])c1. The predicted molar refractivity (Wildman–Crippen MR) is 110 cm³/mol. The van der Waals surface area contributed by atoms with E-state index in [2.05, 4.69) is 10.0 Å². The first-order valence-electron chi connectivity index (χ1n) is 8.30. The van der Waals surface area contributed by atoms with Crippen LogP contribution in [-0.2, 0) is 10.0 Å². The average molecular weight is 450 g/mol. The number of carbonyl (C=O) groups is 1. The molecule has 0 fully saturated rings. The molecule has 2 N–H and O–H groups in total. The van der Waals surface area contributed by atoms with Gasteiger partial charge in [0.2, 0.25) is 0 Å². The van der Waals surface area contributed by atoms with E-state index in [4.69, 9.17) is 11.6 Å². The molecule has 0 radical (unpaired) electrons. The van der Waals surface area contributed by atoms with E-state index in [-0.39, 0.29) is 26.9 Å². The summed E-state index contributed by atoms with van der Waals surface area (Å²) >= 11 is 5.69.